The highest BCUT2D eigenvalue weighted by atomic mass is 35.5. The van der Waals surface area contributed by atoms with E-state index < -0.39 is 0 Å². The molecule has 0 atom stereocenters. The van der Waals surface area contributed by atoms with E-state index in [0.717, 1.165) is 5.56 Å². The third-order valence-corrected chi connectivity index (χ3v) is 3.50. The number of carbonyl (C=O) groups excluding carboxylic acids is 1. The summed E-state index contributed by atoms with van der Waals surface area (Å²) in [5.74, 6) is 6.24. The van der Waals surface area contributed by atoms with Crippen molar-refractivity contribution in [3.8, 4) is 5.75 Å². The Hall–Kier alpha value is -2.42. The number of methoxy groups -OCH3 is 1. The molecule has 0 aliphatic heterocycles. The number of rotatable bonds is 7. The maximum atomic E-state index is 12.5. The van der Waals surface area contributed by atoms with E-state index in [0.29, 0.717) is 24.7 Å². The Morgan fingerprint density at radius 2 is 2.16 bits per heavy atom. The van der Waals surface area contributed by atoms with Crippen LogP contribution in [0.2, 0.25) is 5.28 Å². The smallest absolute Gasteiger partial charge is 0.261 e. The van der Waals surface area contributed by atoms with Crippen molar-refractivity contribution in [2.24, 2.45) is 5.84 Å². The second-order valence-electron chi connectivity index (χ2n) is 5.26. The summed E-state index contributed by atoms with van der Waals surface area (Å²) in [5, 5.41) is 4.03. The first-order chi connectivity index (χ1) is 11.9. The fourth-order valence-electron chi connectivity index (χ4n) is 2.08. The molecule has 2 aromatic rings. The van der Waals surface area contributed by atoms with Crippen LogP contribution >= 0.6 is 11.6 Å². The van der Waals surface area contributed by atoms with Crippen molar-refractivity contribution in [3.63, 3.8) is 0 Å². The first-order valence-electron chi connectivity index (χ1n) is 7.47. The number of carbonyl (C=O) groups is 1. The zero-order valence-corrected chi connectivity index (χ0v) is 15.0. The summed E-state index contributed by atoms with van der Waals surface area (Å²) < 4.78 is 10.5. The van der Waals surface area contributed by atoms with E-state index in [1.165, 1.54) is 11.2 Å². The van der Waals surface area contributed by atoms with Crippen LogP contribution in [0.5, 0.6) is 5.75 Å². The lowest BCUT2D eigenvalue weighted by Gasteiger charge is -2.16. The summed E-state index contributed by atoms with van der Waals surface area (Å²) in [6, 6.07) is 5.37. The number of hydrogen-bond donors (Lipinski definition) is 2. The third-order valence-electron chi connectivity index (χ3n) is 3.32. The SMILES string of the molecule is COCCOc1ccc(NC(=O)c2cnc(Cl)nc2N(C)N)c(C)c1. The maximum Gasteiger partial charge on any atom is 0.261 e. The Bertz CT molecular complexity index is 755. The van der Waals surface area contributed by atoms with Crippen LogP contribution in [0, 0.1) is 6.92 Å². The molecule has 0 saturated heterocycles. The molecule has 1 aromatic carbocycles. The minimum Gasteiger partial charge on any atom is -0.491 e. The van der Waals surface area contributed by atoms with Gasteiger partial charge in [0.15, 0.2) is 5.82 Å². The highest BCUT2D eigenvalue weighted by molar-refractivity contribution is 6.28. The molecule has 1 amide bonds. The van der Waals surface area contributed by atoms with Crippen LogP contribution in [-0.2, 0) is 4.74 Å². The molecule has 25 heavy (non-hydrogen) atoms. The van der Waals surface area contributed by atoms with Crippen LogP contribution in [0.3, 0.4) is 0 Å². The summed E-state index contributed by atoms with van der Waals surface area (Å²) >= 11 is 5.76. The molecule has 9 heteroatoms. The van der Waals surface area contributed by atoms with E-state index in [4.69, 9.17) is 26.9 Å². The molecule has 0 aliphatic rings. The number of halogens is 1. The van der Waals surface area contributed by atoms with Crippen molar-refractivity contribution in [1.82, 2.24) is 9.97 Å². The van der Waals surface area contributed by atoms with E-state index >= 15 is 0 Å². The summed E-state index contributed by atoms with van der Waals surface area (Å²) in [6.07, 6.45) is 1.33. The first-order valence-corrected chi connectivity index (χ1v) is 7.85. The van der Waals surface area contributed by atoms with Gasteiger partial charge in [-0.2, -0.15) is 4.98 Å². The molecular formula is C16H20ClN5O3. The van der Waals surface area contributed by atoms with E-state index in [9.17, 15) is 4.79 Å². The number of aryl methyl sites for hydroxylation is 1. The summed E-state index contributed by atoms with van der Waals surface area (Å²) in [7, 11) is 3.17. The number of aromatic nitrogens is 2. The number of nitrogens with two attached hydrogens (primary N) is 1. The van der Waals surface area contributed by atoms with Gasteiger partial charge in [0.25, 0.3) is 5.91 Å². The molecule has 0 fully saturated rings. The Morgan fingerprint density at radius 3 is 2.80 bits per heavy atom. The van der Waals surface area contributed by atoms with Gasteiger partial charge in [-0.25, -0.2) is 10.8 Å². The number of nitrogens with zero attached hydrogens (tertiary/aromatic N) is 3. The summed E-state index contributed by atoms with van der Waals surface area (Å²) in [5.41, 5.74) is 1.71. The van der Waals surface area contributed by atoms with Gasteiger partial charge >= 0.3 is 0 Å². The number of nitrogens with one attached hydrogen (secondary N) is 1. The lowest BCUT2D eigenvalue weighted by Crippen LogP contribution is -2.29. The van der Waals surface area contributed by atoms with Gasteiger partial charge in [-0.1, -0.05) is 0 Å². The average Bonchev–Trinajstić information content (AvgIpc) is 2.57. The quantitative estimate of drug-likeness (QED) is 0.335. The van der Waals surface area contributed by atoms with Gasteiger partial charge in [0.2, 0.25) is 5.28 Å². The lowest BCUT2D eigenvalue weighted by atomic mass is 10.1. The molecular weight excluding hydrogens is 346 g/mol. The first kappa shape index (κ1) is 18.9. The van der Waals surface area contributed by atoms with Crippen LogP contribution in [-0.4, -0.2) is 43.2 Å². The van der Waals surface area contributed by atoms with E-state index in [2.05, 4.69) is 15.3 Å². The molecule has 0 saturated carbocycles. The van der Waals surface area contributed by atoms with Gasteiger partial charge in [0, 0.05) is 26.0 Å². The van der Waals surface area contributed by atoms with Gasteiger partial charge in [-0.3, -0.25) is 9.80 Å². The van der Waals surface area contributed by atoms with Crippen molar-refractivity contribution >= 4 is 29.0 Å². The largest absolute Gasteiger partial charge is 0.491 e. The zero-order chi connectivity index (χ0) is 18.4. The van der Waals surface area contributed by atoms with E-state index in [1.807, 2.05) is 13.0 Å². The Kier molecular flexibility index (Phi) is 6.51. The molecule has 2 rings (SSSR count). The Labute approximate surface area is 150 Å². The fraction of sp³-hybridized carbons (Fsp3) is 0.312. The molecule has 1 heterocycles. The molecule has 8 nitrogen and oxygen atoms in total. The highest BCUT2D eigenvalue weighted by Gasteiger charge is 2.17. The number of ether oxygens (including phenoxy) is 2. The molecule has 0 aliphatic carbocycles. The van der Waals surface area contributed by atoms with Crippen molar-refractivity contribution < 1.29 is 14.3 Å². The number of benzene rings is 1. The van der Waals surface area contributed by atoms with Gasteiger partial charge < -0.3 is 14.8 Å². The van der Waals surface area contributed by atoms with Crippen molar-refractivity contribution in [2.45, 2.75) is 6.92 Å². The number of anilines is 2. The second kappa shape index (κ2) is 8.61. The minimum absolute atomic E-state index is 0.0117. The predicted octanol–water partition coefficient (Wildman–Crippen LogP) is 2.03. The van der Waals surface area contributed by atoms with Crippen LogP contribution in [0.25, 0.3) is 0 Å². The Morgan fingerprint density at radius 1 is 1.40 bits per heavy atom. The fourth-order valence-corrected chi connectivity index (χ4v) is 2.21. The standard InChI is InChI=1S/C16H20ClN5O3/c1-10-8-11(25-7-6-24-3)4-5-13(10)20-15(23)12-9-19-16(17)21-14(12)22(2)18/h4-5,8-9H,6-7,18H2,1-3H3,(H,20,23). The molecule has 0 radical (unpaired) electrons. The zero-order valence-electron chi connectivity index (χ0n) is 14.2. The third kappa shape index (κ3) is 5.02. The molecule has 0 bridgehead atoms. The number of hydrogen-bond acceptors (Lipinski definition) is 7. The monoisotopic (exact) mass is 365 g/mol. The second-order valence-corrected chi connectivity index (χ2v) is 5.60. The number of amides is 1. The van der Waals surface area contributed by atoms with Gasteiger partial charge in [0.1, 0.15) is 17.9 Å². The molecule has 134 valence electrons. The average molecular weight is 366 g/mol. The van der Waals surface area contributed by atoms with E-state index in [1.54, 1.807) is 26.3 Å². The van der Waals surface area contributed by atoms with E-state index in [-0.39, 0.29) is 22.6 Å². The molecule has 0 spiro atoms. The maximum absolute atomic E-state index is 12.5. The van der Waals surface area contributed by atoms with Gasteiger partial charge in [0.05, 0.1) is 6.61 Å². The lowest BCUT2D eigenvalue weighted by molar-refractivity contribution is 0.102. The summed E-state index contributed by atoms with van der Waals surface area (Å²) in [4.78, 5) is 20.4. The van der Waals surface area contributed by atoms with Crippen molar-refractivity contribution in [3.05, 3.63) is 40.8 Å². The number of hydrazine groups is 1. The van der Waals surface area contributed by atoms with Crippen molar-refractivity contribution in [1.29, 1.82) is 0 Å². The predicted molar refractivity (Wildman–Crippen MR) is 96.1 cm³/mol. The molecule has 0 unspecified atom stereocenters. The summed E-state index contributed by atoms with van der Waals surface area (Å²) in [6.45, 7) is 2.83. The van der Waals surface area contributed by atoms with Gasteiger partial charge in [-0.15, -0.1) is 0 Å². The normalized spacial score (nSPS) is 10.4. The van der Waals surface area contributed by atoms with Crippen molar-refractivity contribution in [2.75, 3.05) is 37.7 Å². The van der Waals surface area contributed by atoms with Gasteiger partial charge in [-0.05, 0) is 42.3 Å². The van der Waals surface area contributed by atoms with Crippen LogP contribution in [0.1, 0.15) is 15.9 Å². The Balaban J connectivity index is 2.16. The molecule has 1 aromatic heterocycles. The van der Waals surface area contributed by atoms with Crippen LogP contribution in [0.4, 0.5) is 11.5 Å². The molecule has 3 N–H and O–H groups in total. The van der Waals surface area contributed by atoms with Crippen LogP contribution < -0.4 is 20.9 Å². The minimum atomic E-state index is -0.389. The van der Waals surface area contributed by atoms with Crippen LogP contribution in [0.15, 0.2) is 24.4 Å². The topological polar surface area (TPSA) is 103 Å². The highest BCUT2D eigenvalue weighted by Crippen LogP contribution is 2.23.